The Morgan fingerprint density at radius 1 is 1.15 bits per heavy atom. The fraction of sp³-hybridized carbons (Fsp3) is 0.200. The lowest BCUT2D eigenvalue weighted by molar-refractivity contribution is 0.307. The van der Waals surface area contributed by atoms with Gasteiger partial charge in [0.05, 0.1) is 11.4 Å². The Bertz CT molecular complexity index is 968. The summed E-state index contributed by atoms with van der Waals surface area (Å²) in [6.07, 6.45) is 0. The second-order valence-corrected chi connectivity index (χ2v) is 7.22. The van der Waals surface area contributed by atoms with Crippen LogP contribution in [-0.4, -0.2) is 39.1 Å². The molecule has 0 saturated carbocycles. The van der Waals surface area contributed by atoms with Crippen LogP contribution in [0.25, 0.3) is 10.8 Å². The number of oxime groups is 1. The first-order valence-corrected chi connectivity index (χ1v) is 9.59. The first-order valence-electron chi connectivity index (χ1n) is 8.44. The summed E-state index contributed by atoms with van der Waals surface area (Å²) in [5, 5.41) is 15.4. The molecule has 0 spiro atoms. The molecule has 3 aromatic rings. The number of pyridine rings is 1. The molecule has 6 heteroatoms. The zero-order valence-electron chi connectivity index (χ0n) is 14.4. The van der Waals surface area contributed by atoms with Gasteiger partial charge in [0, 0.05) is 18.0 Å². The lowest BCUT2D eigenvalue weighted by atomic mass is 10.1. The SMILES string of the molecule is Cc1ccc(/C(=N/O)N2CCSC2)c(Oc2ccc3ccccc3c2)n1. The topological polar surface area (TPSA) is 58.0 Å². The number of ether oxygens (including phenoxy) is 1. The minimum atomic E-state index is 0.449. The Kier molecular flexibility index (Phi) is 4.67. The van der Waals surface area contributed by atoms with E-state index in [0.717, 1.165) is 34.6 Å². The second kappa shape index (κ2) is 7.25. The molecule has 1 fully saturated rings. The van der Waals surface area contributed by atoms with Gasteiger partial charge >= 0.3 is 0 Å². The average molecular weight is 365 g/mol. The van der Waals surface area contributed by atoms with Crippen molar-refractivity contribution >= 4 is 28.4 Å². The third-order valence-corrected chi connectivity index (χ3v) is 5.29. The molecule has 0 atom stereocenters. The standard InChI is InChI=1S/C20H19N3O2S/c1-14-6-9-18(19(22-24)23-10-11-26-13-23)20(21-14)25-17-8-7-15-4-2-3-5-16(15)12-17/h2-9,12,24H,10-11,13H2,1H3/b22-19-. The third-order valence-electron chi connectivity index (χ3n) is 4.32. The van der Waals surface area contributed by atoms with E-state index in [9.17, 15) is 5.21 Å². The van der Waals surface area contributed by atoms with Crippen molar-refractivity contribution in [1.82, 2.24) is 9.88 Å². The Morgan fingerprint density at radius 2 is 2.00 bits per heavy atom. The van der Waals surface area contributed by atoms with Gasteiger partial charge < -0.3 is 14.8 Å². The lowest BCUT2D eigenvalue weighted by Crippen LogP contribution is -2.29. The predicted molar refractivity (Wildman–Crippen MR) is 105 cm³/mol. The molecule has 0 amide bonds. The number of thioether (sulfide) groups is 1. The van der Waals surface area contributed by atoms with E-state index in [1.807, 2.05) is 66.1 Å². The largest absolute Gasteiger partial charge is 0.438 e. The molecule has 1 aliphatic heterocycles. The van der Waals surface area contributed by atoms with Crippen molar-refractivity contribution in [3.05, 3.63) is 65.9 Å². The fourth-order valence-corrected chi connectivity index (χ4v) is 3.94. The first kappa shape index (κ1) is 16.7. The minimum absolute atomic E-state index is 0.449. The molecular formula is C20H19N3O2S. The van der Waals surface area contributed by atoms with Crippen molar-refractivity contribution < 1.29 is 9.94 Å². The van der Waals surface area contributed by atoms with Crippen molar-refractivity contribution in [3.8, 4) is 11.6 Å². The monoisotopic (exact) mass is 365 g/mol. The van der Waals surface area contributed by atoms with Crippen LogP contribution in [-0.2, 0) is 0 Å². The molecule has 1 aromatic heterocycles. The molecule has 4 rings (SSSR count). The number of hydrogen-bond acceptors (Lipinski definition) is 5. The third kappa shape index (κ3) is 3.32. The van der Waals surface area contributed by atoms with Crippen LogP contribution >= 0.6 is 11.8 Å². The van der Waals surface area contributed by atoms with E-state index in [1.54, 1.807) is 0 Å². The zero-order valence-corrected chi connectivity index (χ0v) is 15.2. The lowest BCUT2D eigenvalue weighted by Gasteiger charge is -2.19. The molecule has 26 heavy (non-hydrogen) atoms. The fourth-order valence-electron chi connectivity index (χ4n) is 2.99. The molecule has 0 bridgehead atoms. The van der Waals surface area contributed by atoms with Crippen LogP contribution in [0.15, 0.2) is 59.8 Å². The minimum Gasteiger partial charge on any atom is -0.438 e. The first-order chi connectivity index (χ1) is 12.7. The van der Waals surface area contributed by atoms with Crippen molar-refractivity contribution in [3.63, 3.8) is 0 Å². The number of benzene rings is 2. The van der Waals surface area contributed by atoms with Gasteiger partial charge in [-0.05, 0) is 42.0 Å². The maximum absolute atomic E-state index is 9.59. The average Bonchev–Trinajstić information content (AvgIpc) is 3.18. The highest BCUT2D eigenvalue weighted by Gasteiger charge is 2.23. The molecule has 1 aliphatic rings. The van der Waals surface area contributed by atoms with Crippen LogP contribution in [0.3, 0.4) is 0 Å². The highest BCUT2D eigenvalue weighted by Crippen LogP contribution is 2.29. The van der Waals surface area contributed by atoms with Gasteiger partial charge in [-0.15, -0.1) is 11.8 Å². The molecule has 0 radical (unpaired) electrons. The Balaban J connectivity index is 1.71. The highest BCUT2D eigenvalue weighted by molar-refractivity contribution is 7.99. The van der Waals surface area contributed by atoms with Crippen LogP contribution in [0.4, 0.5) is 0 Å². The normalized spacial score (nSPS) is 14.8. The van der Waals surface area contributed by atoms with Crippen LogP contribution in [0.5, 0.6) is 11.6 Å². The number of fused-ring (bicyclic) bond motifs is 1. The Hall–Kier alpha value is -2.73. The predicted octanol–water partition coefficient (Wildman–Crippen LogP) is 4.48. The molecular weight excluding hydrogens is 346 g/mol. The summed E-state index contributed by atoms with van der Waals surface area (Å²) in [4.78, 5) is 6.57. The summed E-state index contributed by atoms with van der Waals surface area (Å²) in [5.74, 6) is 3.46. The van der Waals surface area contributed by atoms with Gasteiger partial charge in [-0.25, -0.2) is 4.98 Å². The van der Waals surface area contributed by atoms with Crippen molar-refractivity contribution in [2.24, 2.45) is 5.16 Å². The van der Waals surface area contributed by atoms with Gasteiger partial charge in [-0.3, -0.25) is 0 Å². The summed E-state index contributed by atoms with van der Waals surface area (Å²) in [6.45, 7) is 2.76. The van der Waals surface area contributed by atoms with Crippen molar-refractivity contribution in [2.75, 3.05) is 18.2 Å². The van der Waals surface area contributed by atoms with Gasteiger partial charge in [0.2, 0.25) is 5.88 Å². The van der Waals surface area contributed by atoms with Gasteiger partial charge in [0.1, 0.15) is 5.75 Å². The van der Waals surface area contributed by atoms with E-state index in [2.05, 4.69) is 22.3 Å². The van der Waals surface area contributed by atoms with Crippen molar-refractivity contribution in [2.45, 2.75) is 6.92 Å². The van der Waals surface area contributed by atoms with Crippen LogP contribution in [0.2, 0.25) is 0 Å². The maximum atomic E-state index is 9.59. The quantitative estimate of drug-likeness (QED) is 0.321. The molecule has 1 saturated heterocycles. The smallest absolute Gasteiger partial charge is 0.230 e. The van der Waals surface area contributed by atoms with E-state index in [0.29, 0.717) is 23.0 Å². The number of nitrogens with zero attached hydrogens (tertiary/aromatic N) is 3. The Labute approximate surface area is 156 Å². The maximum Gasteiger partial charge on any atom is 0.230 e. The number of hydrogen-bond donors (Lipinski definition) is 1. The van der Waals surface area contributed by atoms with E-state index in [1.165, 1.54) is 0 Å². The summed E-state index contributed by atoms with van der Waals surface area (Å²) in [6, 6.07) is 17.9. The van der Waals surface area contributed by atoms with Crippen LogP contribution in [0.1, 0.15) is 11.3 Å². The number of amidine groups is 1. The number of aryl methyl sites for hydroxylation is 1. The number of rotatable bonds is 3. The van der Waals surface area contributed by atoms with Gasteiger partial charge in [-0.2, -0.15) is 0 Å². The van der Waals surface area contributed by atoms with E-state index >= 15 is 0 Å². The molecule has 2 aromatic carbocycles. The molecule has 2 heterocycles. The highest BCUT2D eigenvalue weighted by atomic mass is 32.2. The molecule has 5 nitrogen and oxygen atoms in total. The molecule has 1 N–H and O–H groups in total. The van der Waals surface area contributed by atoms with E-state index in [4.69, 9.17) is 4.74 Å². The summed E-state index contributed by atoms with van der Waals surface area (Å²) in [7, 11) is 0. The summed E-state index contributed by atoms with van der Waals surface area (Å²) >= 11 is 1.81. The second-order valence-electron chi connectivity index (χ2n) is 6.14. The number of aromatic nitrogens is 1. The summed E-state index contributed by atoms with van der Waals surface area (Å²) in [5.41, 5.74) is 1.53. The van der Waals surface area contributed by atoms with E-state index in [-0.39, 0.29) is 0 Å². The molecule has 132 valence electrons. The van der Waals surface area contributed by atoms with Gasteiger partial charge in [-0.1, -0.05) is 35.5 Å². The van der Waals surface area contributed by atoms with Crippen molar-refractivity contribution in [1.29, 1.82) is 0 Å². The zero-order chi connectivity index (χ0) is 17.9. The molecule has 0 aliphatic carbocycles. The van der Waals surface area contributed by atoms with Gasteiger partial charge in [0.15, 0.2) is 5.84 Å². The summed E-state index contributed by atoms with van der Waals surface area (Å²) < 4.78 is 6.10. The van der Waals surface area contributed by atoms with Crippen LogP contribution < -0.4 is 4.74 Å². The molecule has 0 unspecified atom stereocenters. The van der Waals surface area contributed by atoms with Gasteiger partial charge in [0.25, 0.3) is 0 Å². The Morgan fingerprint density at radius 3 is 2.77 bits per heavy atom. The van der Waals surface area contributed by atoms with E-state index < -0.39 is 0 Å². The van der Waals surface area contributed by atoms with Crippen LogP contribution in [0, 0.1) is 6.92 Å².